The lowest BCUT2D eigenvalue weighted by Gasteiger charge is -2.23. The van der Waals surface area contributed by atoms with E-state index < -0.39 is 34.8 Å². The van der Waals surface area contributed by atoms with Gasteiger partial charge in [0.2, 0.25) is 11.8 Å². The third-order valence-electron chi connectivity index (χ3n) is 6.05. The lowest BCUT2D eigenvalue weighted by atomic mass is 10.0. The number of rotatable bonds is 12. The van der Waals surface area contributed by atoms with E-state index in [4.69, 9.17) is 4.74 Å². The summed E-state index contributed by atoms with van der Waals surface area (Å²) in [7, 11) is 1.19. The minimum Gasteiger partial charge on any atom is -0.467 e. The number of esters is 1. The number of hydrogen-bond acceptors (Lipinski definition) is 7. The van der Waals surface area contributed by atoms with Crippen molar-refractivity contribution >= 4 is 35.1 Å². The molecule has 0 bridgehead atoms. The first kappa shape index (κ1) is 29.5. The Bertz CT molecular complexity index is 1340. The summed E-state index contributed by atoms with van der Waals surface area (Å²) >= 11 is 0. The molecule has 208 valence electrons. The fourth-order valence-electron chi connectivity index (χ4n) is 3.85. The van der Waals surface area contributed by atoms with Gasteiger partial charge in [-0.25, -0.2) is 4.79 Å². The summed E-state index contributed by atoms with van der Waals surface area (Å²) in [6.45, 7) is 1.73. The molecule has 3 rings (SSSR count). The quantitative estimate of drug-likeness (QED) is 0.179. The molecule has 11 nitrogen and oxygen atoms in total. The van der Waals surface area contributed by atoms with Crippen molar-refractivity contribution in [2.24, 2.45) is 0 Å². The zero-order chi connectivity index (χ0) is 29.1. The summed E-state index contributed by atoms with van der Waals surface area (Å²) in [6.07, 6.45) is 0.483. The molecule has 3 aromatic carbocycles. The molecule has 11 heteroatoms. The van der Waals surface area contributed by atoms with Gasteiger partial charge in [0.1, 0.15) is 12.1 Å². The highest BCUT2D eigenvalue weighted by atomic mass is 16.6. The van der Waals surface area contributed by atoms with E-state index >= 15 is 0 Å². The first-order valence-electron chi connectivity index (χ1n) is 12.6. The van der Waals surface area contributed by atoms with E-state index in [1.54, 1.807) is 31.2 Å². The Labute approximate surface area is 231 Å². The van der Waals surface area contributed by atoms with Crippen LogP contribution in [0.4, 0.5) is 11.4 Å². The molecule has 2 atom stereocenters. The molecule has 0 unspecified atom stereocenters. The number of amides is 3. The lowest BCUT2D eigenvalue weighted by molar-refractivity contribution is -0.384. The first-order chi connectivity index (χ1) is 19.2. The number of non-ortho nitro benzene ring substituents is 1. The predicted octanol–water partition coefficient (Wildman–Crippen LogP) is 3.18. The van der Waals surface area contributed by atoms with Crippen LogP contribution >= 0.6 is 0 Å². The van der Waals surface area contributed by atoms with Crippen LogP contribution in [0.25, 0.3) is 0 Å². The summed E-state index contributed by atoms with van der Waals surface area (Å²) in [6, 6.07) is 18.8. The second-order valence-electron chi connectivity index (χ2n) is 8.91. The molecular weight excluding hydrogens is 516 g/mol. The average molecular weight is 547 g/mol. The van der Waals surface area contributed by atoms with Crippen LogP contribution in [0.15, 0.2) is 78.9 Å². The van der Waals surface area contributed by atoms with E-state index in [0.29, 0.717) is 17.7 Å². The maximum absolute atomic E-state index is 13.4. The number of anilines is 1. The summed E-state index contributed by atoms with van der Waals surface area (Å²) in [4.78, 5) is 61.0. The first-order valence-corrected chi connectivity index (χ1v) is 12.6. The third-order valence-corrected chi connectivity index (χ3v) is 6.05. The Kier molecular flexibility index (Phi) is 10.5. The van der Waals surface area contributed by atoms with Crippen molar-refractivity contribution in [3.63, 3.8) is 0 Å². The average Bonchev–Trinajstić information content (AvgIpc) is 2.97. The van der Waals surface area contributed by atoms with E-state index in [1.165, 1.54) is 43.5 Å². The largest absolute Gasteiger partial charge is 0.467 e. The van der Waals surface area contributed by atoms with Crippen LogP contribution in [-0.4, -0.2) is 47.8 Å². The molecule has 0 fully saturated rings. The van der Waals surface area contributed by atoms with Gasteiger partial charge in [-0.2, -0.15) is 0 Å². The summed E-state index contributed by atoms with van der Waals surface area (Å²) < 4.78 is 4.86. The highest BCUT2D eigenvalue weighted by Crippen LogP contribution is 2.15. The van der Waals surface area contributed by atoms with E-state index in [2.05, 4.69) is 16.0 Å². The van der Waals surface area contributed by atoms with Gasteiger partial charge in [0, 0.05) is 42.6 Å². The molecule has 0 saturated carbocycles. The van der Waals surface area contributed by atoms with Crippen LogP contribution in [0.3, 0.4) is 0 Å². The number of hydrogen-bond donors (Lipinski definition) is 3. The van der Waals surface area contributed by atoms with Gasteiger partial charge in [-0.1, -0.05) is 49.4 Å². The van der Waals surface area contributed by atoms with Gasteiger partial charge in [-0.05, 0) is 35.4 Å². The fraction of sp³-hybridized carbons (Fsp3) is 0.241. The van der Waals surface area contributed by atoms with Crippen molar-refractivity contribution in [3.8, 4) is 0 Å². The smallest absolute Gasteiger partial charge is 0.328 e. The predicted molar refractivity (Wildman–Crippen MR) is 148 cm³/mol. The Morgan fingerprint density at radius 2 is 1.43 bits per heavy atom. The van der Waals surface area contributed by atoms with Gasteiger partial charge in [0.05, 0.1) is 12.0 Å². The van der Waals surface area contributed by atoms with Gasteiger partial charge in [0.15, 0.2) is 0 Å². The number of benzene rings is 3. The van der Waals surface area contributed by atoms with Crippen molar-refractivity contribution in [2.75, 3.05) is 12.4 Å². The molecule has 3 N–H and O–H groups in total. The molecular formula is C29H30N4O7. The standard InChI is InChI=1S/C29H30N4O7/c1-3-26(34)30-22-13-11-21(12-14-22)27(35)31-24(17-19-7-5-4-6-8-19)28(36)32-25(29(37)40-2)18-20-9-15-23(16-10-20)33(38)39/h4-16,24-25H,3,17-18H2,1-2H3,(H,30,34)(H,31,35)(H,32,36)/t24-,25-/m0/s1. The Balaban J connectivity index is 1.78. The second-order valence-corrected chi connectivity index (χ2v) is 8.91. The summed E-state index contributed by atoms with van der Waals surface area (Å²) in [5, 5.41) is 19.0. The number of carbonyl (C=O) groups excluding carboxylic acids is 4. The van der Waals surface area contributed by atoms with Gasteiger partial charge >= 0.3 is 5.97 Å². The summed E-state index contributed by atoms with van der Waals surface area (Å²) in [5.41, 5.74) is 2.06. The maximum atomic E-state index is 13.4. The normalized spacial score (nSPS) is 11.9. The second kappa shape index (κ2) is 14.2. The van der Waals surface area contributed by atoms with Crippen LogP contribution in [-0.2, 0) is 32.0 Å². The molecule has 0 spiro atoms. The minimum absolute atomic E-state index is 0.0212. The number of carbonyl (C=O) groups is 4. The molecule has 3 amide bonds. The zero-order valence-electron chi connectivity index (χ0n) is 22.1. The van der Waals surface area contributed by atoms with Crippen molar-refractivity contribution in [3.05, 3.63) is 106 Å². The number of ether oxygens (including phenoxy) is 1. The van der Waals surface area contributed by atoms with Gasteiger partial charge in [-0.3, -0.25) is 24.5 Å². The van der Waals surface area contributed by atoms with Crippen molar-refractivity contribution in [1.82, 2.24) is 10.6 Å². The molecule has 0 aliphatic carbocycles. The monoisotopic (exact) mass is 546 g/mol. The lowest BCUT2D eigenvalue weighted by Crippen LogP contribution is -2.53. The van der Waals surface area contributed by atoms with Gasteiger partial charge in [0.25, 0.3) is 11.6 Å². The molecule has 0 saturated heterocycles. The molecule has 40 heavy (non-hydrogen) atoms. The van der Waals surface area contributed by atoms with Crippen LogP contribution in [0.1, 0.15) is 34.8 Å². The number of nitro benzene ring substituents is 1. The molecule has 0 heterocycles. The highest BCUT2D eigenvalue weighted by Gasteiger charge is 2.28. The number of nitrogens with one attached hydrogen (secondary N) is 3. The molecule has 3 aromatic rings. The Morgan fingerprint density at radius 3 is 2.00 bits per heavy atom. The number of nitrogens with zero attached hydrogens (tertiary/aromatic N) is 1. The number of nitro groups is 1. The van der Waals surface area contributed by atoms with Crippen LogP contribution in [0.2, 0.25) is 0 Å². The van der Waals surface area contributed by atoms with Crippen LogP contribution < -0.4 is 16.0 Å². The summed E-state index contributed by atoms with van der Waals surface area (Å²) in [5.74, 6) is -2.00. The van der Waals surface area contributed by atoms with Crippen molar-refractivity contribution in [2.45, 2.75) is 38.3 Å². The molecule has 0 aliphatic heterocycles. The Hall–Kier alpha value is -5.06. The maximum Gasteiger partial charge on any atom is 0.328 e. The van der Waals surface area contributed by atoms with E-state index in [0.717, 1.165) is 5.56 Å². The highest BCUT2D eigenvalue weighted by molar-refractivity contribution is 5.99. The fourth-order valence-corrected chi connectivity index (χ4v) is 3.85. The molecule has 0 radical (unpaired) electrons. The molecule has 0 aromatic heterocycles. The Morgan fingerprint density at radius 1 is 0.825 bits per heavy atom. The van der Waals surface area contributed by atoms with Crippen molar-refractivity contribution < 1.29 is 28.8 Å². The van der Waals surface area contributed by atoms with Gasteiger partial charge in [-0.15, -0.1) is 0 Å². The topological polar surface area (TPSA) is 157 Å². The zero-order valence-corrected chi connectivity index (χ0v) is 22.1. The number of methoxy groups -OCH3 is 1. The van der Waals surface area contributed by atoms with E-state index in [-0.39, 0.29) is 30.0 Å². The van der Waals surface area contributed by atoms with Crippen molar-refractivity contribution in [1.29, 1.82) is 0 Å². The van der Waals surface area contributed by atoms with E-state index in [1.807, 2.05) is 18.2 Å². The van der Waals surface area contributed by atoms with Gasteiger partial charge < -0.3 is 20.7 Å². The van der Waals surface area contributed by atoms with E-state index in [9.17, 15) is 29.3 Å². The SMILES string of the molecule is CCC(=O)Nc1ccc(C(=O)N[C@@H](Cc2ccccc2)C(=O)N[C@@H](Cc2ccc([N+](=O)[O-])cc2)C(=O)OC)cc1. The minimum atomic E-state index is -1.10. The van der Waals surface area contributed by atoms with Crippen LogP contribution in [0.5, 0.6) is 0 Å². The van der Waals surface area contributed by atoms with Crippen LogP contribution in [0, 0.1) is 10.1 Å². The molecule has 0 aliphatic rings. The third kappa shape index (κ3) is 8.48.